The van der Waals surface area contributed by atoms with Gasteiger partial charge in [-0.15, -0.1) is 0 Å². The molecule has 0 fully saturated rings. The maximum Gasteiger partial charge on any atom is 0.242 e. The fourth-order valence-electron chi connectivity index (χ4n) is 1.92. The van der Waals surface area contributed by atoms with Crippen molar-refractivity contribution in [3.63, 3.8) is 0 Å². The lowest BCUT2D eigenvalue weighted by Gasteiger charge is -2.09. The van der Waals surface area contributed by atoms with Crippen molar-refractivity contribution in [3.05, 3.63) is 18.0 Å². The Morgan fingerprint density at radius 1 is 1.38 bits per heavy atom. The van der Waals surface area contributed by atoms with Crippen LogP contribution in [0.5, 0.6) is 0 Å². The lowest BCUT2D eigenvalue weighted by molar-refractivity contribution is 0.580. The molecule has 21 heavy (non-hydrogen) atoms. The van der Waals surface area contributed by atoms with Crippen LogP contribution in [0.15, 0.2) is 17.2 Å². The molecule has 0 aliphatic heterocycles. The summed E-state index contributed by atoms with van der Waals surface area (Å²) in [5, 5.41) is 3.51. The van der Waals surface area contributed by atoms with Crippen LogP contribution in [0, 0.1) is 0 Å². The second-order valence-corrected chi connectivity index (χ2v) is 8.08. The zero-order chi connectivity index (χ0) is 15.9. The Labute approximate surface area is 132 Å². The largest absolute Gasteiger partial charge is 0.349 e. The van der Waals surface area contributed by atoms with Gasteiger partial charge in [-0.3, -0.25) is 0 Å². The molecule has 1 aromatic heterocycles. The van der Waals surface area contributed by atoms with Gasteiger partial charge in [-0.25, -0.2) is 13.1 Å². The zero-order valence-corrected chi connectivity index (χ0v) is 15.0. The van der Waals surface area contributed by atoms with Crippen molar-refractivity contribution >= 4 is 21.8 Å². The highest BCUT2D eigenvalue weighted by Gasteiger charge is 2.18. The van der Waals surface area contributed by atoms with Crippen LogP contribution in [0.4, 0.5) is 0 Å². The van der Waals surface area contributed by atoms with Crippen molar-refractivity contribution in [2.24, 2.45) is 0 Å². The first-order chi connectivity index (χ1) is 9.94. The van der Waals surface area contributed by atoms with E-state index in [1.165, 1.54) is 0 Å². The van der Waals surface area contributed by atoms with E-state index in [1.807, 2.05) is 24.7 Å². The third-order valence-corrected chi connectivity index (χ3v) is 5.62. The minimum Gasteiger partial charge on any atom is -0.349 e. The maximum absolute atomic E-state index is 12.3. The van der Waals surface area contributed by atoms with Crippen LogP contribution in [-0.4, -0.2) is 37.6 Å². The van der Waals surface area contributed by atoms with Gasteiger partial charge >= 0.3 is 0 Å². The summed E-state index contributed by atoms with van der Waals surface area (Å²) in [6, 6.07) is 1.77. The van der Waals surface area contributed by atoms with E-state index in [0.717, 1.165) is 25.2 Å². The van der Waals surface area contributed by atoms with Gasteiger partial charge in [0.15, 0.2) is 0 Å². The SMILES string of the molecule is CCCn1cc(S(=O)(=O)NCC(C)SC)cc1CNCC. The van der Waals surface area contributed by atoms with E-state index < -0.39 is 10.0 Å². The Balaban J connectivity index is 2.90. The summed E-state index contributed by atoms with van der Waals surface area (Å²) in [6.45, 7) is 8.96. The first-order valence-electron chi connectivity index (χ1n) is 7.36. The van der Waals surface area contributed by atoms with Gasteiger partial charge in [0, 0.05) is 36.8 Å². The molecular formula is C14H27N3O2S2. The van der Waals surface area contributed by atoms with Gasteiger partial charge in [0.1, 0.15) is 0 Å². The fraction of sp³-hybridized carbons (Fsp3) is 0.714. The third-order valence-electron chi connectivity index (χ3n) is 3.25. The van der Waals surface area contributed by atoms with Crippen LogP contribution in [-0.2, 0) is 23.1 Å². The van der Waals surface area contributed by atoms with E-state index in [9.17, 15) is 8.42 Å². The van der Waals surface area contributed by atoms with Crippen LogP contribution in [0.25, 0.3) is 0 Å². The van der Waals surface area contributed by atoms with E-state index >= 15 is 0 Å². The number of hydrogen-bond donors (Lipinski definition) is 2. The highest BCUT2D eigenvalue weighted by atomic mass is 32.2. The number of aryl methyl sites for hydroxylation is 1. The summed E-state index contributed by atoms with van der Waals surface area (Å²) in [6.07, 6.45) is 4.69. The molecular weight excluding hydrogens is 306 g/mol. The molecule has 0 saturated carbocycles. The van der Waals surface area contributed by atoms with Gasteiger partial charge in [0.2, 0.25) is 10.0 Å². The Bertz CT molecular complexity index is 526. The average molecular weight is 334 g/mol. The smallest absolute Gasteiger partial charge is 0.242 e. The van der Waals surface area contributed by atoms with Crippen LogP contribution in [0.2, 0.25) is 0 Å². The first kappa shape index (κ1) is 18.5. The van der Waals surface area contributed by atoms with Crippen molar-refractivity contribution in [2.75, 3.05) is 19.3 Å². The molecule has 1 atom stereocenters. The van der Waals surface area contributed by atoms with Gasteiger partial charge in [0.25, 0.3) is 0 Å². The molecule has 0 aliphatic carbocycles. The van der Waals surface area contributed by atoms with E-state index in [0.29, 0.717) is 18.0 Å². The molecule has 2 N–H and O–H groups in total. The Hall–Kier alpha value is -0.500. The number of nitrogens with zero attached hydrogens (tertiary/aromatic N) is 1. The number of hydrogen-bond acceptors (Lipinski definition) is 4. The van der Waals surface area contributed by atoms with Crippen molar-refractivity contribution < 1.29 is 8.42 Å². The Morgan fingerprint density at radius 3 is 2.67 bits per heavy atom. The van der Waals surface area contributed by atoms with Gasteiger partial charge in [-0.2, -0.15) is 11.8 Å². The zero-order valence-electron chi connectivity index (χ0n) is 13.3. The summed E-state index contributed by atoms with van der Waals surface area (Å²) >= 11 is 1.65. The van der Waals surface area contributed by atoms with Gasteiger partial charge in [-0.05, 0) is 25.3 Å². The summed E-state index contributed by atoms with van der Waals surface area (Å²) in [5.74, 6) is 0. The minimum absolute atomic E-state index is 0.263. The van der Waals surface area contributed by atoms with Crippen LogP contribution in [0.1, 0.15) is 32.9 Å². The summed E-state index contributed by atoms with van der Waals surface area (Å²) in [4.78, 5) is 0.358. The summed E-state index contributed by atoms with van der Waals surface area (Å²) in [5.41, 5.74) is 1.01. The minimum atomic E-state index is -3.42. The lowest BCUT2D eigenvalue weighted by Crippen LogP contribution is -2.29. The van der Waals surface area contributed by atoms with E-state index in [-0.39, 0.29) is 5.25 Å². The molecule has 1 heterocycles. The van der Waals surface area contributed by atoms with Crippen LogP contribution in [0.3, 0.4) is 0 Å². The second kappa shape index (κ2) is 8.82. The van der Waals surface area contributed by atoms with Crippen LogP contribution < -0.4 is 10.0 Å². The van der Waals surface area contributed by atoms with Gasteiger partial charge < -0.3 is 9.88 Å². The highest BCUT2D eigenvalue weighted by molar-refractivity contribution is 7.99. The summed E-state index contributed by atoms with van der Waals surface area (Å²) in [7, 11) is -3.42. The molecule has 1 unspecified atom stereocenters. The Morgan fingerprint density at radius 2 is 2.10 bits per heavy atom. The molecule has 0 saturated heterocycles. The highest BCUT2D eigenvalue weighted by Crippen LogP contribution is 2.16. The molecule has 0 radical (unpaired) electrons. The topological polar surface area (TPSA) is 63.1 Å². The molecule has 1 rings (SSSR count). The molecule has 122 valence electrons. The fourth-order valence-corrected chi connectivity index (χ4v) is 3.47. The number of sulfonamides is 1. The maximum atomic E-state index is 12.3. The number of aromatic nitrogens is 1. The third kappa shape index (κ3) is 5.65. The quantitative estimate of drug-likeness (QED) is 0.688. The molecule has 1 aromatic rings. The standard InChI is InChI=1S/C14H27N3O2S2/c1-5-7-17-11-14(8-13(17)10-15-6-2)21(18,19)16-9-12(3)20-4/h8,11-12,15-16H,5-7,9-10H2,1-4H3. The van der Waals surface area contributed by atoms with Crippen LogP contribution >= 0.6 is 11.8 Å². The Kier molecular flexibility index (Phi) is 7.79. The second-order valence-electron chi connectivity index (χ2n) is 5.04. The molecule has 0 spiro atoms. The number of nitrogens with one attached hydrogen (secondary N) is 2. The predicted octanol–water partition coefficient (Wildman–Crippen LogP) is 2.04. The normalized spacial score (nSPS) is 13.5. The van der Waals surface area contributed by atoms with Crippen molar-refractivity contribution in [1.29, 1.82) is 0 Å². The van der Waals surface area contributed by atoms with Crippen molar-refractivity contribution in [2.45, 2.75) is 50.4 Å². The molecule has 7 heteroatoms. The van der Waals surface area contributed by atoms with Gasteiger partial charge in [-0.1, -0.05) is 20.8 Å². The van der Waals surface area contributed by atoms with E-state index in [2.05, 4.69) is 17.0 Å². The van der Waals surface area contributed by atoms with Gasteiger partial charge in [0.05, 0.1) is 4.90 Å². The predicted molar refractivity (Wildman–Crippen MR) is 90.3 cm³/mol. The summed E-state index contributed by atoms with van der Waals surface area (Å²) < 4.78 is 29.4. The molecule has 0 aliphatic rings. The lowest BCUT2D eigenvalue weighted by atomic mass is 10.4. The number of thioether (sulfide) groups is 1. The van der Waals surface area contributed by atoms with Crippen molar-refractivity contribution in [3.8, 4) is 0 Å². The molecule has 5 nitrogen and oxygen atoms in total. The average Bonchev–Trinajstić information content (AvgIpc) is 2.87. The molecule has 0 amide bonds. The molecule has 0 bridgehead atoms. The first-order valence-corrected chi connectivity index (χ1v) is 10.1. The van der Waals surface area contributed by atoms with E-state index in [1.54, 1.807) is 24.0 Å². The van der Waals surface area contributed by atoms with Crippen molar-refractivity contribution in [1.82, 2.24) is 14.6 Å². The van der Waals surface area contributed by atoms with E-state index in [4.69, 9.17) is 0 Å². The number of rotatable bonds is 10. The molecule has 0 aromatic carbocycles. The monoisotopic (exact) mass is 333 g/mol.